The topological polar surface area (TPSA) is 88.3 Å². The molecule has 0 aliphatic carbocycles. The fraction of sp³-hybridized carbons (Fsp3) is 0.154. The third-order valence-electron chi connectivity index (χ3n) is 2.64. The van der Waals surface area contributed by atoms with E-state index >= 15 is 0 Å². The van der Waals surface area contributed by atoms with Gasteiger partial charge in [-0.15, -0.1) is 0 Å². The number of hydrogen-bond acceptors (Lipinski definition) is 4. The molecule has 1 aromatic carbocycles. The molecule has 2 aromatic rings. The molecule has 0 bridgehead atoms. The van der Waals surface area contributed by atoms with Crippen molar-refractivity contribution in [3.8, 4) is 5.75 Å². The molecular weight excluding hydrogens is 351 g/mol. The molecule has 2 N–H and O–H groups in total. The van der Waals surface area contributed by atoms with E-state index in [1.54, 1.807) is 0 Å². The van der Waals surface area contributed by atoms with E-state index in [0.29, 0.717) is 12.4 Å². The Bertz CT molecular complexity index is 765. The van der Waals surface area contributed by atoms with E-state index in [4.69, 9.17) is 27.9 Å². The van der Waals surface area contributed by atoms with E-state index in [-0.39, 0.29) is 20.8 Å². The Hall–Kier alpha value is -1.70. The molecule has 0 fully saturated rings. The second kappa shape index (κ2) is 6.60. The van der Waals surface area contributed by atoms with Gasteiger partial charge in [-0.25, -0.2) is 13.1 Å². The number of ether oxygens (including phenoxy) is 1. The van der Waals surface area contributed by atoms with Crippen LogP contribution in [0.1, 0.15) is 17.4 Å². The van der Waals surface area contributed by atoms with Crippen molar-refractivity contribution in [3.63, 3.8) is 0 Å². The number of nitrogens with one attached hydrogen (secondary N) is 2. The number of aromatic amines is 1. The van der Waals surface area contributed by atoms with Gasteiger partial charge in [0.25, 0.3) is 15.9 Å². The number of halogens is 2. The first-order valence-corrected chi connectivity index (χ1v) is 8.41. The fourth-order valence-corrected chi connectivity index (χ4v) is 2.92. The van der Waals surface area contributed by atoms with Crippen LogP contribution in [0.5, 0.6) is 5.75 Å². The number of benzene rings is 1. The number of hydrogen-bond donors (Lipinski definition) is 2. The van der Waals surface area contributed by atoms with Gasteiger partial charge in [0.2, 0.25) is 0 Å². The average Bonchev–Trinajstić information content (AvgIpc) is 2.79. The molecule has 118 valence electrons. The lowest BCUT2D eigenvalue weighted by atomic mass is 10.3. The van der Waals surface area contributed by atoms with Gasteiger partial charge in [-0.2, -0.15) is 0 Å². The number of aromatic nitrogens is 1. The monoisotopic (exact) mass is 362 g/mol. The summed E-state index contributed by atoms with van der Waals surface area (Å²) in [7, 11) is -4.00. The molecule has 2 rings (SSSR count). The lowest BCUT2D eigenvalue weighted by Gasteiger charge is -2.07. The molecule has 1 heterocycles. The maximum absolute atomic E-state index is 12.1. The van der Waals surface area contributed by atoms with Gasteiger partial charge < -0.3 is 9.72 Å². The minimum Gasteiger partial charge on any atom is -0.494 e. The molecule has 22 heavy (non-hydrogen) atoms. The van der Waals surface area contributed by atoms with E-state index in [9.17, 15) is 13.2 Å². The Labute approximate surface area is 137 Å². The molecule has 0 aliphatic rings. The van der Waals surface area contributed by atoms with Crippen LogP contribution in [0.3, 0.4) is 0 Å². The summed E-state index contributed by atoms with van der Waals surface area (Å²) in [5.74, 6) is -0.321. The van der Waals surface area contributed by atoms with Crippen molar-refractivity contribution in [2.24, 2.45) is 0 Å². The molecule has 0 atom stereocenters. The summed E-state index contributed by atoms with van der Waals surface area (Å²) in [4.78, 5) is 14.3. The number of carbonyl (C=O) groups is 1. The van der Waals surface area contributed by atoms with Gasteiger partial charge >= 0.3 is 0 Å². The highest BCUT2D eigenvalue weighted by atomic mass is 35.5. The predicted octanol–water partition coefficient (Wildman–Crippen LogP) is 2.84. The highest BCUT2D eigenvalue weighted by molar-refractivity contribution is 7.90. The van der Waals surface area contributed by atoms with Crippen LogP contribution in [-0.4, -0.2) is 25.9 Å². The second-order valence-electron chi connectivity index (χ2n) is 4.18. The number of H-pyrrole nitrogens is 1. The number of carbonyl (C=O) groups excluding carboxylic acids is 1. The lowest BCUT2D eigenvalue weighted by molar-refractivity contribution is 0.0977. The molecule has 0 spiro atoms. The maximum atomic E-state index is 12.1. The van der Waals surface area contributed by atoms with Crippen molar-refractivity contribution in [2.45, 2.75) is 11.8 Å². The minimum absolute atomic E-state index is 0.0514. The molecule has 1 amide bonds. The van der Waals surface area contributed by atoms with Crippen molar-refractivity contribution < 1.29 is 17.9 Å². The van der Waals surface area contributed by atoms with Crippen LogP contribution in [-0.2, 0) is 10.0 Å². The van der Waals surface area contributed by atoms with Crippen molar-refractivity contribution >= 4 is 39.1 Å². The van der Waals surface area contributed by atoms with Crippen LogP contribution in [0.4, 0.5) is 0 Å². The van der Waals surface area contributed by atoms with Gasteiger partial charge in [-0.1, -0.05) is 23.2 Å². The van der Waals surface area contributed by atoms with Gasteiger partial charge in [-0.05, 0) is 37.3 Å². The first-order valence-electron chi connectivity index (χ1n) is 6.17. The van der Waals surface area contributed by atoms with Crippen molar-refractivity contribution in [1.29, 1.82) is 0 Å². The van der Waals surface area contributed by atoms with Gasteiger partial charge in [-0.3, -0.25) is 4.79 Å². The van der Waals surface area contributed by atoms with Crippen LogP contribution >= 0.6 is 23.2 Å². The van der Waals surface area contributed by atoms with Crippen LogP contribution in [0, 0.1) is 0 Å². The third kappa shape index (κ3) is 3.73. The molecule has 6 nitrogen and oxygen atoms in total. The van der Waals surface area contributed by atoms with Crippen molar-refractivity contribution in [1.82, 2.24) is 9.71 Å². The Morgan fingerprint density at radius 1 is 1.27 bits per heavy atom. The lowest BCUT2D eigenvalue weighted by Crippen LogP contribution is -2.30. The smallest absolute Gasteiger partial charge is 0.281 e. The van der Waals surface area contributed by atoms with Crippen LogP contribution in [0.2, 0.25) is 10.2 Å². The van der Waals surface area contributed by atoms with Gasteiger partial charge in [0.1, 0.15) is 16.6 Å². The minimum atomic E-state index is -4.00. The van der Waals surface area contributed by atoms with Crippen molar-refractivity contribution in [2.75, 3.05) is 6.61 Å². The van der Waals surface area contributed by atoms with E-state index in [1.807, 2.05) is 11.6 Å². The third-order valence-corrected chi connectivity index (χ3v) is 4.68. The van der Waals surface area contributed by atoms with E-state index in [1.165, 1.54) is 30.3 Å². The van der Waals surface area contributed by atoms with Crippen LogP contribution in [0.15, 0.2) is 35.2 Å². The second-order valence-corrected chi connectivity index (χ2v) is 6.65. The normalized spacial score (nSPS) is 11.2. The molecule has 0 aliphatic heterocycles. The maximum Gasteiger partial charge on any atom is 0.281 e. The van der Waals surface area contributed by atoms with E-state index in [0.717, 1.165) is 0 Å². The van der Waals surface area contributed by atoms with E-state index < -0.39 is 15.9 Å². The first-order chi connectivity index (χ1) is 10.3. The number of rotatable bonds is 5. The van der Waals surface area contributed by atoms with Gasteiger partial charge in [0, 0.05) is 0 Å². The van der Waals surface area contributed by atoms with Gasteiger partial charge in [0.05, 0.1) is 16.5 Å². The Balaban J connectivity index is 2.18. The summed E-state index contributed by atoms with van der Waals surface area (Å²) < 4.78 is 31.4. The molecule has 0 radical (unpaired) electrons. The average molecular weight is 363 g/mol. The highest BCUT2D eigenvalue weighted by Gasteiger charge is 2.20. The summed E-state index contributed by atoms with van der Waals surface area (Å²) in [6.45, 7) is 2.29. The van der Waals surface area contributed by atoms with Crippen molar-refractivity contribution in [3.05, 3.63) is 46.2 Å². The summed E-state index contributed by atoms with van der Waals surface area (Å²) in [6.07, 6.45) is 0. The SMILES string of the molecule is CCOc1ccc(S(=O)(=O)NC(=O)c2cc(Cl)c(Cl)[nH]2)cc1. The van der Waals surface area contributed by atoms with E-state index in [2.05, 4.69) is 4.98 Å². The molecule has 0 unspecified atom stereocenters. The molecule has 9 heteroatoms. The largest absolute Gasteiger partial charge is 0.494 e. The first kappa shape index (κ1) is 16.7. The summed E-state index contributed by atoms with van der Waals surface area (Å²) >= 11 is 11.4. The summed E-state index contributed by atoms with van der Waals surface area (Å²) in [6, 6.07) is 6.94. The highest BCUT2D eigenvalue weighted by Crippen LogP contribution is 2.22. The molecular formula is C13H12Cl2N2O4S. The zero-order valence-corrected chi connectivity index (χ0v) is 13.7. The fourth-order valence-electron chi connectivity index (χ4n) is 1.64. The Morgan fingerprint density at radius 2 is 1.91 bits per heavy atom. The van der Waals surface area contributed by atoms with Crippen LogP contribution in [0.25, 0.3) is 0 Å². The standard InChI is InChI=1S/C13H12Cl2N2O4S/c1-2-21-8-3-5-9(6-4-8)22(19,20)17-13(18)11-7-10(14)12(15)16-11/h3-7,16H,2H2,1H3,(H,17,18). The predicted molar refractivity (Wildman–Crippen MR) is 83.1 cm³/mol. The quantitative estimate of drug-likeness (QED) is 0.855. The molecule has 0 saturated carbocycles. The Kier molecular flexibility index (Phi) is 5.00. The van der Waals surface area contributed by atoms with Crippen LogP contribution < -0.4 is 9.46 Å². The number of amides is 1. The van der Waals surface area contributed by atoms with Gasteiger partial charge in [0.15, 0.2) is 0 Å². The molecule has 0 saturated heterocycles. The molecule has 1 aromatic heterocycles. The zero-order chi connectivity index (χ0) is 16.3. The summed E-state index contributed by atoms with van der Waals surface area (Å²) in [5, 5.41) is 0.190. The summed E-state index contributed by atoms with van der Waals surface area (Å²) in [5.41, 5.74) is -0.0514. The number of sulfonamides is 1. The zero-order valence-electron chi connectivity index (χ0n) is 11.4. The Morgan fingerprint density at radius 3 is 2.41 bits per heavy atom.